The average molecular weight is 239 g/mol. The lowest BCUT2D eigenvalue weighted by atomic mass is 10.3. The van der Waals surface area contributed by atoms with Gasteiger partial charge in [0.15, 0.2) is 9.84 Å². The van der Waals surface area contributed by atoms with Gasteiger partial charge in [-0.3, -0.25) is 0 Å². The summed E-state index contributed by atoms with van der Waals surface area (Å²) in [6, 6.07) is 0. The van der Waals surface area contributed by atoms with E-state index in [-0.39, 0.29) is 16.3 Å². The molecule has 0 aromatic rings. The van der Waals surface area contributed by atoms with Crippen LogP contribution >= 0.6 is 0 Å². The maximum absolute atomic E-state index is 11.9. The van der Waals surface area contributed by atoms with Crippen molar-refractivity contribution in [3.8, 4) is 0 Å². The van der Waals surface area contributed by atoms with Gasteiger partial charge in [0.2, 0.25) is 0 Å². The zero-order valence-corrected chi connectivity index (χ0v) is 10.4. The molecule has 1 fully saturated rings. The lowest BCUT2D eigenvalue weighted by molar-refractivity contribution is 0.452. The first kappa shape index (κ1) is 12.1. The first-order valence-corrected chi connectivity index (χ1v) is 7.52. The second-order valence-electron chi connectivity index (χ2n) is 4.44. The molecule has 0 radical (unpaired) electrons. The smallest absolute Gasteiger partial charge is 0.152 e. The van der Waals surface area contributed by atoms with Crippen molar-refractivity contribution < 1.29 is 12.6 Å². The number of rotatable bonds is 1. The Morgan fingerprint density at radius 2 is 1.57 bits per heavy atom. The van der Waals surface area contributed by atoms with Gasteiger partial charge in [-0.05, 0) is 20.8 Å². The maximum Gasteiger partial charge on any atom is 0.152 e. The third kappa shape index (κ3) is 3.03. The van der Waals surface area contributed by atoms with Crippen LogP contribution in [0.4, 0.5) is 0 Å². The monoisotopic (exact) mass is 239 g/mol. The van der Waals surface area contributed by atoms with E-state index in [2.05, 4.69) is 0 Å². The Morgan fingerprint density at radius 1 is 1.14 bits per heavy atom. The summed E-state index contributed by atoms with van der Waals surface area (Å²) in [5.74, 6) is 0.268. The van der Waals surface area contributed by atoms with Gasteiger partial charge < -0.3 is 0 Å². The predicted molar refractivity (Wildman–Crippen MR) is 58.1 cm³/mol. The first-order valence-electron chi connectivity index (χ1n) is 4.60. The summed E-state index contributed by atoms with van der Waals surface area (Å²) in [5.41, 5.74) is 0. The van der Waals surface area contributed by atoms with Crippen molar-refractivity contribution in [2.45, 2.75) is 25.5 Å². The Hall–Kier alpha value is 0.0600. The van der Waals surface area contributed by atoms with E-state index >= 15 is 0 Å². The van der Waals surface area contributed by atoms with E-state index in [1.807, 2.05) is 20.8 Å². The van der Waals surface area contributed by atoms with Crippen LogP contribution in [0.1, 0.15) is 20.8 Å². The van der Waals surface area contributed by atoms with Gasteiger partial charge in [-0.2, -0.15) is 0 Å². The highest BCUT2D eigenvalue weighted by molar-refractivity contribution is 7.91. The molecule has 0 aromatic carbocycles. The first-order chi connectivity index (χ1) is 6.22. The summed E-state index contributed by atoms with van der Waals surface area (Å²) in [4.78, 5) is 0. The van der Waals surface area contributed by atoms with Crippen molar-refractivity contribution >= 4 is 20.8 Å². The van der Waals surface area contributed by atoms with Crippen molar-refractivity contribution in [1.29, 1.82) is 0 Å². The van der Waals surface area contributed by atoms with E-state index < -0.39 is 20.8 Å². The molecule has 0 N–H and O–H groups in total. The van der Waals surface area contributed by atoms with Crippen molar-refractivity contribution in [2.24, 2.45) is 0 Å². The predicted octanol–water partition coefficient (Wildman–Crippen LogP) is 0.179. The van der Waals surface area contributed by atoms with Crippen LogP contribution in [0.2, 0.25) is 0 Å². The fraction of sp³-hybridized carbons (Fsp3) is 1.00. The molecular formula is C8H17NO3S2. The summed E-state index contributed by atoms with van der Waals surface area (Å²) in [7, 11) is -3.96. The SMILES string of the molecule is CC(C)(C)S(=O)N1CCS(=O)(=O)CC1. The Balaban J connectivity index is 2.63. The van der Waals surface area contributed by atoms with E-state index in [1.165, 1.54) is 0 Å². The van der Waals surface area contributed by atoms with E-state index in [0.29, 0.717) is 13.1 Å². The van der Waals surface area contributed by atoms with Crippen LogP contribution in [0.3, 0.4) is 0 Å². The summed E-state index contributed by atoms with van der Waals surface area (Å²) in [5, 5.41) is 0. The standard InChI is InChI=1S/C8H17NO3S2/c1-8(2,3)13(10)9-4-6-14(11,12)7-5-9/h4-7H2,1-3H3. The number of sulfone groups is 1. The molecule has 1 rings (SSSR count). The molecule has 0 amide bonds. The van der Waals surface area contributed by atoms with Gasteiger partial charge in [0.1, 0.15) is 0 Å². The molecule has 0 spiro atoms. The van der Waals surface area contributed by atoms with Crippen LogP contribution in [0.25, 0.3) is 0 Å². The Labute approximate surface area is 88.2 Å². The summed E-state index contributed by atoms with van der Waals surface area (Å²) in [6.45, 7) is 6.48. The molecule has 1 atom stereocenters. The van der Waals surface area contributed by atoms with E-state index in [0.717, 1.165) is 0 Å². The number of hydrogen-bond donors (Lipinski definition) is 0. The van der Waals surface area contributed by atoms with Crippen molar-refractivity contribution in [3.63, 3.8) is 0 Å². The van der Waals surface area contributed by atoms with Gasteiger partial charge in [0.25, 0.3) is 0 Å². The minimum atomic E-state index is -2.87. The average Bonchev–Trinajstić information content (AvgIpc) is 2.01. The number of hydrogen-bond acceptors (Lipinski definition) is 3. The molecule has 1 aliphatic heterocycles. The minimum Gasteiger partial charge on any atom is -0.242 e. The highest BCUT2D eigenvalue weighted by Gasteiger charge is 2.30. The second kappa shape index (κ2) is 3.90. The Kier molecular flexibility index (Phi) is 3.38. The molecule has 14 heavy (non-hydrogen) atoms. The van der Waals surface area contributed by atoms with Crippen molar-refractivity contribution in [2.75, 3.05) is 24.6 Å². The van der Waals surface area contributed by atoms with E-state index in [9.17, 15) is 12.6 Å². The van der Waals surface area contributed by atoms with Crippen LogP contribution in [0.5, 0.6) is 0 Å². The van der Waals surface area contributed by atoms with Crippen LogP contribution in [-0.2, 0) is 20.8 Å². The third-order valence-corrected chi connectivity index (χ3v) is 5.55. The second-order valence-corrected chi connectivity index (χ2v) is 8.99. The molecule has 6 heteroatoms. The zero-order valence-electron chi connectivity index (χ0n) is 8.82. The van der Waals surface area contributed by atoms with Gasteiger partial charge in [0, 0.05) is 13.1 Å². The topological polar surface area (TPSA) is 54.5 Å². The maximum atomic E-state index is 11.9. The van der Waals surface area contributed by atoms with Crippen LogP contribution in [0.15, 0.2) is 0 Å². The third-order valence-electron chi connectivity index (χ3n) is 2.06. The fourth-order valence-electron chi connectivity index (χ4n) is 1.25. The van der Waals surface area contributed by atoms with Gasteiger partial charge in [-0.1, -0.05) is 0 Å². The summed E-state index contributed by atoms with van der Waals surface area (Å²) >= 11 is 0. The lowest BCUT2D eigenvalue weighted by Gasteiger charge is -2.31. The summed E-state index contributed by atoms with van der Waals surface area (Å²) < 4.78 is 35.6. The number of nitrogens with zero attached hydrogens (tertiary/aromatic N) is 1. The molecule has 1 unspecified atom stereocenters. The quantitative estimate of drug-likeness (QED) is 0.656. The molecule has 84 valence electrons. The van der Waals surface area contributed by atoms with E-state index in [1.54, 1.807) is 4.31 Å². The molecule has 1 heterocycles. The van der Waals surface area contributed by atoms with Crippen LogP contribution < -0.4 is 0 Å². The highest BCUT2D eigenvalue weighted by Crippen LogP contribution is 2.17. The molecular weight excluding hydrogens is 222 g/mol. The normalized spacial score (nSPS) is 25.9. The van der Waals surface area contributed by atoms with Crippen LogP contribution in [-0.4, -0.2) is 46.3 Å². The zero-order chi connectivity index (χ0) is 11.0. The fourth-order valence-corrected chi connectivity index (χ4v) is 3.97. The highest BCUT2D eigenvalue weighted by atomic mass is 32.2. The Bertz CT molecular complexity index is 315. The van der Waals surface area contributed by atoms with Gasteiger partial charge >= 0.3 is 0 Å². The molecule has 4 nitrogen and oxygen atoms in total. The molecule has 0 aliphatic carbocycles. The molecule has 0 bridgehead atoms. The minimum absolute atomic E-state index is 0.134. The van der Waals surface area contributed by atoms with Crippen molar-refractivity contribution in [1.82, 2.24) is 4.31 Å². The molecule has 0 saturated carbocycles. The molecule has 1 aliphatic rings. The largest absolute Gasteiger partial charge is 0.242 e. The molecule has 0 aromatic heterocycles. The molecule has 1 saturated heterocycles. The summed E-state index contributed by atoms with van der Waals surface area (Å²) in [6.07, 6.45) is 0. The van der Waals surface area contributed by atoms with Crippen molar-refractivity contribution in [3.05, 3.63) is 0 Å². The lowest BCUT2D eigenvalue weighted by Crippen LogP contribution is -2.46. The van der Waals surface area contributed by atoms with Gasteiger partial charge in [0.05, 0.1) is 27.2 Å². The van der Waals surface area contributed by atoms with Crippen LogP contribution in [0, 0.1) is 0 Å². The van der Waals surface area contributed by atoms with Gasteiger partial charge in [-0.25, -0.2) is 16.9 Å². The van der Waals surface area contributed by atoms with Gasteiger partial charge in [-0.15, -0.1) is 0 Å². The van der Waals surface area contributed by atoms with E-state index in [4.69, 9.17) is 0 Å². The Morgan fingerprint density at radius 3 is 1.93 bits per heavy atom.